The Labute approximate surface area is 164 Å². The normalized spacial score (nSPS) is 19.1. The molecule has 6 heteroatoms. The van der Waals surface area contributed by atoms with E-state index in [0.717, 1.165) is 31.2 Å². The van der Waals surface area contributed by atoms with Gasteiger partial charge in [-0.1, -0.05) is 6.07 Å². The summed E-state index contributed by atoms with van der Waals surface area (Å²) in [4.78, 5) is 25.0. The lowest BCUT2D eigenvalue weighted by Crippen LogP contribution is -2.44. The minimum absolute atomic E-state index is 0.0535. The number of hydrogen-bond donors (Lipinski definition) is 4. The molecule has 1 fully saturated rings. The van der Waals surface area contributed by atoms with Crippen molar-refractivity contribution in [2.75, 3.05) is 0 Å². The lowest BCUT2D eigenvalue weighted by atomic mass is 9.90. The van der Waals surface area contributed by atoms with Crippen molar-refractivity contribution in [1.29, 1.82) is 0 Å². The first-order chi connectivity index (χ1) is 13.3. The van der Waals surface area contributed by atoms with Gasteiger partial charge in [0.05, 0.1) is 0 Å². The van der Waals surface area contributed by atoms with E-state index in [1.54, 1.807) is 44.2 Å². The molecule has 0 radical (unpaired) electrons. The minimum atomic E-state index is -0.180. The summed E-state index contributed by atoms with van der Waals surface area (Å²) in [6, 6.07) is 9.77. The quantitative estimate of drug-likeness (QED) is 0.653. The van der Waals surface area contributed by atoms with Crippen LogP contribution in [0.3, 0.4) is 0 Å². The maximum absolute atomic E-state index is 12.5. The SMILES string of the molecule is Cc1cc(O)ccc1C(=O)NC1CCC(NC(=O)c2cccc(O)c2C)CC1. The predicted octanol–water partition coefficient (Wildman–Crippen LogP) is 3.19. The van der Waals surface area contributed by atoms with Gasteiger partial charge in [0.25, 0.3) is 11.8 Å². The largest absolute Gasteiger partial charge is 0.508 e. The Bertz CT molecular complexity index is 886. The molecule has 0 atom stereocenters. The Morgan fingerprint density at radius 3 is 2.00 bits per heavy atom. The first-order valence-corrected chi connectivity index (χ1v) is 9.55. The molecule has 148 valence electrons. The summed E-state index contributed by atoms with van der Waals surface area (Å²) in [5, 5.41) is 25.3. The summed E-state index contributed by atoms with van der Waals surface area (Å²) >= 11 is 0. The Morgan fingerprint density at radius 2 is 1.43 bits per heavy atom. The number of phenolic OH excluding ortho intramolecular Hbond substituents is 2. The fraction of sp³-hybridized carbons (Fsp3) is 0.364. The highest BCUT2D eigenvalue weighted by molar-refractivity contribution is 5.96. The molecule has 0 unspecified atom stereocenters. The van der Waals surface area contributed by atoms with Crippen LogP contribution in [0, 0.1) is 13.8 Å². The zero-order valence-corrected chi connectivity index (χ0v) is 16.2. The first kappa shape index (κ1) is 19.7. The van der Waals surface area contributed by atoms with E-state index in [9.17, 15) is 19.8 Å². The van der Waals surface area contributed by atoms with E-state index in [2.05, 4.69) is 10.6 Å². The maximum atomic E-state index is 12.5. The molecule has 0 aromatic heterocycles. The van der Waals surface area contributed by atoms with Gasteiger partial charge in [-0.15, -0.1) is 0 Å². The Hall–Kier alpha value is -3.02. The molecular weight excluding hydrogens is 356 g/mol. The fourth-order valence-corrected chi connectivity index (χ4v) is 3.68. The van der Waals surface area contributed by atoms with Gasteiger partial charge in [-0.25, -0.2) is 0 Å². The smallest absolute Gasteiger partial charge is 0.251 e. The highest BCUT2D eigenvalue weighted by Gasteiger charge is 2.25. The molecule has 0 saturated heterocycles. The third-order valence-corrected chi connectivity index (χ3v) is 5.40. The van der Waals surface area contributed by atoms with Crippen LogP contribution >= 0.6 is 0 Å². The second-order valence-corrected chi connectivity index (χ2v) is 7.44. The fourth-order valence-electron chi connectivity index (χ4n) is 3.68. The highest BCUT2D eigenvalue weighted by Crippen LogP contribution is 2.23. The van der Waals surface area contributed by atoms with Crippen molar-refractivity contribution in [3.63, 3.8) is 0 Å². The van der Waals surface area contributed by atoms with E-state index in [4.69, 9.17) is 0 Å². The topological polar surface area (TPSA) is 98.7 Å². The Kier molecular flexibility index (Phi) is 5.87. The average molecular weight is 382 g/mol. The van der Waals surface area contributed by atoms with Gasteiger partial charge in [-0.3, -0.25) is 9.59 Å². The molecular formula is C22H26N2O4. The highest BCUT2D eigenvalue weighted by atomic mass is 16.3. The van der Waals surface area contributed by atoms with Gasteiger partial charge in [-0.2, -0.15) is 0 Å². The van der Waals surface area contributed by atoms with Crippen LogP contribution in [0.2, 0.25) is 0 Å². The monoisotopic (exact) mass is 382 g/mol. The van der Waals surface area contributed by atoms with E-state index in [1.807, 2.05) is 0 Å². The van der Waals surface area contributed by atoms with E-state index >= 15 is 0 Å². The molecule has 6 nitrogen and oxygen atoms in total. The second-order valence-electron chi connectivity index (χ2n) is 7.44. The van der Waals surface area contributed by atoms with Crippen LogP contribution in [0.1, 0.15) is 57.5 Å². The number of phenols is 2. The molecule has 4 N–H and O–H groups in total. The van der Waals surface area contributed by atoms with Crippen LogP contribution in [0.4, 0.5) is 0 Å². The maximum Gasteiger partial charge on any atom is 0.251 e. The molecule has 1 saturated carbocycles. The Morgan fingerprint density at radius 1 is 0.857 bits per heavy atom. The number of carbonyl (C=O) groups excluding carboxylic acids is 2. The van der Waals surface area contributed by atoms with Crippen LogP contribution in [-0.4, -0.2) is 34.1 Å². The predicted molar refractivity (Wildman–Crippen MR) is 107 cm³/mol. The van der Waals surface area contributed by atoms with Crippen molar-refractivity contribution < 1.29 is 19.8 Å². The number of aryl methyl sites for hydroxylation is 1. The zero-order chi connectivity index (χ0) is 20.3. The molecule has 2 amide bonds. The molecule has 0 spiro atoms. The molecule has 1 aliphatic carbocycles. The van der Waals surface area contributed by atoms with Crippen molar-refractivity contribution in [1.82, 2.24) is 10.6 Å². The minimum Gasteiger partial charge on any atom is -0.508 e. The van der Waals surface area contributed by atoms with Crippen LogP contribution < -0.4 is 10.6 Å². The molecule has 0 heterocycles. The van der Waals surface area contributed by atoms with Crippen LogP contribution in [-0.2, 0) is 0 Å². The summed E-state index contributed by atoms with van der Waals surface area (Å²) in [5.41, 5.74) is 2.36. The Balaban J connectivity index is 1.52. The van der Waals surface area contributed by atoms with Crippen molar-refractivity contribution in [3.8, 4) is 11.5 Å². The van der Waals surface area contributed by atoms with Crippen LogP contribution in [0.25, 0.3) is 0 Å². The summed E-state index contributed by atoms with van der Waals surface area (Å²) in [6.45, 7) is 3.52. The lowest BCUT2D eigenvalue weighted by molar-refractivity contribution is 0.0891. The molecule has 3 rings (SSSR count). The summed E-state index contributed by atoms with van der Waals surface area (Å²) < 4.78 is 0. The third kappa shape index (κ3) is 4.44. The molecule has 2 aromatic carbocycles. The number of hydrogen-bond acceptors (Lipinski definition) is 4. The van der Waals surface area contributed by atoms with Gasteiger partial charge in [0, 0.05) is 28.8 Å². The van der Waals surface area contributed by atoms with E-state index in [1.165, 1.54) is 6.07 Å². The standard InChI is InChI=1S/C22H26N2O4/c1-13-12-17(25)10-11-18(13)21(27)23-15-6-8-16(9-7-15)24-22(28)19-4-3-5-20(26)14(19)2/h3-5,10-12,15-16,25-26H,6-9H2,1-2H3,(H,23,27)(H,24,28). The summed E-state index contributed by atoms with van der Waals surface area (Å²) in [7, 11) is 0. The van der Waals surface area contributed by atoms with Gasteiger partial charge in [0.2, 0.25) is 0 Å². The number of amides is 2. The number of benzene rings is 2. The summed E-state index contributed by atoms with van der Waals surface area (Å²) in [6.07, 6.45) is 3.13. The van der Waals surface area contributed by atoms with Gasteiger partial charge in [-0.05, 0) is 75.4 Å². The van der Waals surface area contributed by atoms with Gasteiger partial charge >= 0.3 is 0 Å². The van der Waals surface area contributed by atoms with E-state index < -0.39 is 0 Å². The number of aromatic hydroxyl groups is 2. The first-order valence-electron chi connectivity index (χ1n) is 9.55. The van der Waals surface area contributed by atoms with Crippen LogP contribution in [0.15, 0.2) is 36.4 Å². The number of rotatable bonds is 4. The number of nitrogens with one attached hydrogen (secondary N) is 2. The third-order valence-electron chi connectivity index (χ3n) is 5.40. The van der Waals surface area contributed by atoms with Gasteiger partial charge in [0.15, 0.2) is 0 Å². The summed E-state index contributed by atoms with van der Waals surface area (Å²) in [5.74, 6) is -0.0585. The van der Waals surface area contributed by atoms with Gasteiger partial charge in [0.1, 0.15) is 11.5 Å². The van der Waals surface area contributed by atoms with Crippen LogP contribution in [0.5, 0.6) is 11.5 Å². The van der Waals surface area contributed by atoms with Crippen molar-refractivity contribution in [3.05, 3.63) is 58.7 Å². The van der Waals surface area contributed by atoms with Crippen molar-refractivity contribution in [2.45, 2.75) is 51.6 Å². The molecule has 1 aliphatic rings. The molecule has 2 aromatic rings. The number of carbonyl (C=O) groups is 2. The second kappa shape index (κ2) is 8.33. The van der Waals surface area contributed by atoms with E-state index in [-0.39, 0.29) is 35.4 Å². The average Bonchev–Trinajstić information content (AvgIpc) is 2.65. The van der Waals surface area contributed by atoms with E-state index in [0.29, 0.717) is 16.7 Å². The zero-order valence-electron chi connectivity index (χ0n) is 16.2. The lowest BCUT2D eigenvalue weighted by Gasteiger charge is -2.30. The van der Waals surface area contributed by atoms with Crippen molar-refractivity contribution >= 4 is 11.8 Å². The van der Waals surface area contributed by atoms with Crippen molar-refractivity contribution in [2.24, 2.45) is 0 Å². The molecule has 0 aliphatic heterocycles. The molecule has 0 bridgehead atoms. The molecule has 28 heavy (non-hydrogen) atoms. The van der Waals surface area contributed by atoms with Gasteiger partial charge < -0.3 is 20.8 Å².